The van der Waals surface area contributed by atoms with Crippen LogP contribution in [0.15, 0.2) is 71.9 Å². The third-order valence-corrected chi connectivity index (χ3v) is 5.73. The second kappa shape index (κ2) is 5.91. The average Bonchev–Trinajstić information content (AvgIpc) is 3.42. The smallest absolute Gasteiger partial charge is 0.173 e. The van der Waals surface area contributed by atoms with Gasteiger partial charge in [-0.2, -0.15) is 0 Å². The number of benzene rings is 1. The van der Waals surface area contributed by atoms with E-state index < -0.39 is 0 Å². The van der Waals surface area contributed by atoms with Crippen LogP contribution in [-0.2, 0) is 0 Å². The normalized spacial score (nSPS) is 11.2. The number of hydrogen-bond acceptors (Lipinski definition) is 5. The van der Waals surface area contributed by atoms with Crippen LogP contribution in [0.3, 0.4) is 0 Å². The maximum atomic E-state index is 4.87. The van der Waals surface area contributed by atoms with Crippen LogP contribution in [0.2, 0.25) is 0 Å². The Morgan fingerprint density at radius 2 is 1.84 bits per heavy atom. The first-order chi connectivity index (χ1) is 12.4. The van der Waals surface area contributed by atoms with Crippen molar-refractivity contribution in [3.05, 3.63) is 71.9 Å². The van der Waals surface area contributed by atoms with Crippen molar-refractivity contribution in [2.24, 2.45) is 0 Å². The van der Waals surface area contributed by atoms with Crippen molar-refractivity contribution >= 4 is 32.9 Å². The van der Waals surface area contributed by atoms with Gasteiger partial charge in [0.05, 0.1) is 10.3 Å². The number of hydrogen-bond donors (Lipinski definition) is 0. The van der Waals surface area contributed by atoms with Crippen LogP contribution < -0.4 is 0 Å². The molecule has 0 aliphatic carbocycles. The van der Waals surface area contributed by atoms with Crippen molar-refractivity contribution in [2.75, 3.05) is 0 Å². The molecule has 0 radical (unpaired) electrons. The van der Waals surface area contributed by atoms with Crippen molar-refractivity contribution in [3.8, 4) is 27.6 Å². The molecule has 120 valence electrons. The molecular weight excluding hydrogens is 348 g/mol. The Bertz CT molecular complexity index is 1130. The van der Waals surface area contributed by atoms with Gasteiger partial charge in [-0.1, -0.05) is 36.4 Å². The standard InChI is InChI=1S/C19H12N4S2/c1-2-5-13(6-3-1)14-11-25-19-16(14)18(23-9-8-20-12-23)21-17(22-19)15-7-4-10-24-15/h1-12H. The van der Waals surface area contributed by atoms with Gasteiger partial charge in [0.2, 0.25) is 0 Å². The fraction of sp³-hybridized carbons (Fsp3) is 0. The lowest BCUT2D eigenvalue weighted by atomic mass is 10.1. The minimum absolute atomic E-state index is 0.757. The molecule has 5 aromatic rings. The third kappa shape index (κ3) is 2.47. The molecule has 0 saturated carbocycles. The van der Waals surface area contributed by atoms with E-state index in [1.54, 1.807) is 35.2 Å². The lowest BCUT2D eigenvalue weighted by Gasteiger charge is -2.08. The Hall–Kier alpha value is -2.83. The van der Waals surface area contributed by atoms with Gasteiger partial charge < -0.3 is 0 Å². The molecule has 0 spiro atoms. The third-order valence-electron chi connectivity index (χ3n) is 3.99. The summed E-state index contributed by atoms with van der Waals surface area (Å²) in [5.74, 6) is 1.62. The summed E-state index contributed by atoms with van der Waals surface area (Å²) in [7, 11) is 0. The Morgan fingerprint density at radius 3 is 2.60 bits per heavy atom. The first kappa shape index (κ1) is 14.5. The van der Waals surface area contributed by atoms with Crippen molar-refractivity contribution in [2.45, 2.75) is 0 Å². The molecule has 4 heterocycles. The van der Waals surface area contributed by atoms with Crippen LogP contribution in [0.1, 0.15) is 0 Å². The molecular formula is C19H12N4S2. The van der Waals surface area contributed by atoms with Crippen LogP contribution in [-0.4, -0.2) is 19.5 Å². The molecule has 4 aromatic heterocycles. The van der Waals surface area contributed by atoms with E-state index in [2.05, 4.69) is 40.7 Å². The fourth-order valence-electron chi connectivity index (χ4n) is 2.84. The molecule has 25 heavy (non-hydrogen) atoms. The van der Waals surface area contributed by atoms with E-state index in [1.807, 2.05) is 28.3 Å². The summed E-state index contributed by atoms with van der Waals surface area (Å²) in [6.07, 6.45) is 5.48. The second-order valence-electron chi connectivity index (χ2n) is 5.51. The highest BCUT2D eigenvalue weighted by molar-refractivity contribution is 7.17. The van der Waals surface area contributed by atoms with Gasteiger partial charge in [-0.25, -0.2) is 15.0 Å². The number of fused-ring (bicyclic) bond motifs is 1. The van der Waals surface area contributed by atoms with Gasteiger partial charge in [0.25, 0.3) is 0 Å². The van der Waals surface area contributed by atoms with Gasteiger partial charge in [0.15, 0.2) is 11.6 Å². The van der Waals surface area contributed by atoms with E-state index in [4.69, 9.17) is 9.97 Å². The highest BCUT2D eigenvalue weighted by Gasteiger charge is 2.17. The van der Waals surface area contributed by atoms with E-state index in [9.17, 15) is 0 Å². The van der Waals surface area contributed by atoms with E-state index in [0.717, 1.165) is 32.3 Å². The van der Waals surface area contributed by atoms with Crippen LogP contribution in [0, 0.1) is 0 Å². The number of aromatic nitrogens is 4. The Kier molecular flexibility index (Phi) is 3.43. The Balaban J connectivity index is 1.83. The molecule has 0 saturated heterocycles. The molecule has 5 rings (SSSR count). The summed E-state index contributed by atoms with van der Waals surface area (Å²) in [5, 5.41) is 5.27. The van der Waals surface area contributed by atoms with Crippen LogP contribution in [0.5, 0.6) is 0 Å². The summed E-state index contributed by atoms with van der Waals surface area (Å²) in [6.45, 7) is 0. The lowest BCUT2D eigenvalue weighted by molar-refractivity contribution is 1.00. The van der Waals surface area contributed by atoms with E-state index in [1.165, 1.54) is 5.56 Å². The number of rotatable bonds is 3. The summed E-state index contributed by atoms with van der Waals surface area (Å²) in [5.41, 5.74) is 2.32. The lowest BCUT2D eigenvalue weighted by Crippen LogP contribution is -1.99. The van der Waals surface area contributed by atoms with Gasteiger partial charge >= 0.3 is 0 Å². The fourth-order valence-corrected chi connectivity index (χ4v) is 4.44. The minimum Gasteiger partial charge on any atom is -0.290 e. The molecule has 0 fully saturated rings. The van der Waals surface area contributed by atoms with Gasteiger partial charge in [0.1, 0.15) is 11.2 Å². The van der Waals surface area contributed by atoms with Crippen molar-refractivity contribution < 1.29 is 0 Å². The van der Waals surface area contributed by atoms with Crippen LogP contribution in [0.4, 0.5) is 0 Å². The SMILES string of the molecule is c1ccc(-c2csc3nc(-c4cccs4)nc(-n4ccnc4)c23)cc1. The number of imidazole rings is 1. The molecule has 6 heteroatoms. The molecule has 0 atom stereocenters. The van der Waals surface area contributed by atoms with Gasteiger partial charge in [-0.3, -0.25) is 4.57 Å². The first-order valence-corrected chi connectivity index (χ1v) is 9.53. The summed E-state index contributed by atoms with van der Waals surface area (Å²) in [6, 6.07) is 14.4. The zero-order valence-electron chi connectivity index (χ0n) is 13.0. The zero-order valence-corrected chi connectivity index (χ0v) is 14.7. The topological polar surface area (TPSA) is 43.6 Å². The number of thiophene rings is 2. The quantitative estimate of drug-likeness (QED) is 0.440. The molecule has 0 amide bonds. The Morgan fingerprint density at radius 1 is 0.920 bits per heavy atom. The van der Waals surface area contributed by atoms with Crippen molar-refractivity contribution in [1.82, 2.24) is 19.5 Å². The highest BCUT2D eigenvalue weighted by atomic mass is 32.1. The zero-order chi connectivity index (χ0) is 16.6. The molecule has 0 aliphatic heterocycles. The molecule has 0 N–H and O–H groups in total. The molecule has 0 bridgehead atoms. The summed E-state index contributed by atoms with van der Waals surface area (Å²) < 4.78 is 1.96. The predicted octanol–water partition coefficient (Wildman–Crippen LogP) is 5.27. The van der Waals surface area contributed by atoms with Gasteiger partial charge in [0, 0.05) is 23.3 Å². The maximum Gasteiger partial charge on any atom is 0.173 e. The first-order valence-electron chi connectivity index (χ1n) is 7.77. The van der Waals surface area contributed by atoms with Gasteiger partial charge in [-0.15, -0.1) is 22.7 Å². The summed E-state index contributed by atoms with van der Waals surface area (Å²) >= 11 is 3.30. The predicted molar refractivity (Wildman–Crippen MR) is 103 cm³/mol. The van der Waals surface area contributed by atoms with Gasteiger partial charge in [-0.05, 0) is 17.0 Å². The molecule has 0 unspecified atom stereocenters. The molecule has 0 aliphatic rings. The van der Waals surface area contributed by atoms with Crippen LogP contribution >= 0.6 is 22.7 Å². The average molecular weight is 360 g/mol. The molecule has 4 nitrogen and oxygen atoms in total. The van der Waals surface area contributed by atoms with Crippen molar-refractivity contribution in [3.63, 3.8) is 0 Å². The maximum absolute atomic E-state index is 4.87. The minimum atomic E-state index is 0.757. The number of nitrogens with zero attached hydrogens (tertiary/aromatic N) is 4. The second-order valence-corrected chi connectivity index (χ2v) is 7.32. The monoisotopic (exact) mass is 360 g/mol. The van der Waals surface area contributed by atoms with Crippen molar-refractivity contribution in [1.29, 1.82) is 0 Å². The highest BCUT2D eigenvalue weighted by Crippen LogP contribution is 2.37. The van der Waals surface area contributed by atoms with E-state index >= 15 is 0 Å². The van der Waals surface area contributed by atoms with Crippen LogP contribution in [0.25, 0.3) is 37.9 Å². The van der Waals surface area contributed by atoms with E-state index in [-0.39, 0.29) is 0 Å². The largest absolute Gasteiger partial charge is 0.290 e. The summed E-state index contributed by atoms with van der Waals surface area (Å²) in [4.78, 5) is 15.9. The Labute approximate surface area is 152 Å². The van der Waals surface area contributed by atoms with E-state index in [0.29, 0.717) is 0 Å². The molecule has 1 aromatic carbocycles.